The summed E-state index contributed by atoms with van der Waals surface area (Å²) in [6.07, 6.45) is -11.8. The maximum atomic E-state index is 13.7. The first-order valence-corrected chi connectivity index (χ1v) is 10.3. The maximum Gasteiger partial charge on any atom is 0.430 e. The Kier molecular flexibility index (Phi) is 5.57. The lowest BCUT2D eigenvalue weighted by atomic mass is 9.84. The summed E-state index contributed by atoms with van der Waals surface area (Å²) in [6, 6.07) is 2.76. The van der Waals surface area contributed by atoms with E-state index in [-0.39, 0.29) is 17.0 Å². The van der Waals surface area contributed by atoms with Gasteiger partial charge in [0.05, 0.1) is 16.8 Å². The van der Waals surface area contributed by atoms with Gasteiger partial charge in [-0.25, -0.2) is 9.78 Å². The van der Waals surface area contributed by atoms with E-state index in [4.69, 9.17) is 0 Å². The number of amides is 1. The van der Waals surface area contributed by atoms with Gasteiger partial charge >= 0.3 is 18.4 Å². The molecule has 13 heteroatoms. The largest absolute Gasteiger partial charge is 0.431 e. The predicted octanol–water partition coefficient (Wildman–Crippen LogP) is 4.43. The number of hydrogen-bond acceptors (Lipinski definition) is 5. The lowest BCUT2D eigenvalue weighted by Gasteiger charge is -2.30. The summed E-state index contributed by atoms with van der Waals surface area (Å²) in [6.45, 7) is 0.950. The van der Waals surface area contributed by atoms with Crippen molar-refractivity contribution in [3.8, 4) is 11.3 Å². The molecule has 0 aliphatic carbocycles. The highest BCUT2D eigenvalue weighted by atomic mass is 31.0. The third kappa shape index (κ3) is 4.01. The van der Waals surface area contributed by atoms with Gasteiger partial charge in [-0.1, -0.05) is 0 Å². The molecule has 0 saturated carbocycles. The number of fused-ring (bicyclic) bond motifs is 1. The zero-order valence-electron chi connectivity index (χ0n) is 16.3. The van der Waals surface area contributed by atoms with Gasteiger partial charge in [0, 0.05) is 29.4 Å². The number of nitrogens with one attached hydrogen (secondary N) is 2. The molecule has 1 fully saturated rings. The van der Waals surface area contributed by atoms with E-state index >= 15 is 0 Å². The molecule has 1 saturated heterocycles. The highest BCUT2D eigenvalue weighted by molar-refractivity contribution is 7.16. The van der Waals surface area contributed by atoms with E-state index in [1.54, 1.807) is 0 Å². The number of alkyl halides is 6. The fraction of sp³-hybridized carbons (Fsp3) is 0.421. The minimum absolute atomic E-state index is 0.122. The number of rotatable bonds is 3. The second-order valence-corrected chi connectivity index (χ2v) is 8.02. The SMILES string of the molecule is O=C1Nc2nccc(-c3cc(C(F)(F)F)cc(C4(CP)CCNC4)n3)c2C(C(F)(F)F)O1. The van der Waals surface area contributed by atoms with Crippen LogP contribution in [-0.4, -0.2) is 41.5 Å². The van der Waals surface area contributed by atoms with Crippen molar-refractivity contribution in [3.63, 3.8) is 0 Å². The van der Waals surface area contributed by atoms with Gasteiger partial charge in [-0.2, -0.15) is 26.3 Å². The molecule has 0 bridgehead atoms. The standard InChI is InChI=1S/C19H17F6N4O2P/c20-18(21,22)9-5-11(28-12(6-9)17(8-32)2-4-26-7-17)10-1-3-27-15-13(10)14(19(23,24)25)31-16(30)29-15/h1,3,5-6,14,26H,2,4,7-8,32H2,(H,27,29,30). The van der Waals surface area contributed by atoms with Gasteiger partial charge in [-0.15, -0.1) is 9.24 Å². The van der Waals surface area contributed by atoms with E-state index in [0.29, 0.717) is 31.7 Å². The Labute approximate surface area is 180 Å². The first kappa shape index (κ1) is 22.7. The maximum absolute atomic E-state index is 13.7. The summed E-state index contributed by atoms with van der Waals surface area (Å²) in [5, 5.41) is 5.17. The lowest BCUT2D eigenvalue weighted by Crippen LogP contribution is -2.34. The van der Waals surface area contributed by atoms with Gasteiger partial charge < -0.3 is 10.1 Å². The number of pyridine rings is 2. The van der Waals surface area contributed by atoms with Crippen molar-refractivity contribution in [3.05, 3.63) is 41.2 Å². The van der Waals surface area contributed by atoms with Crippen LogP contribution in [0.15, 0.2) is 24.4 Å². The molecule has 4 heterocycles. The molecule has 6 nitrogen and oxygen atoms in total. The molecule has 3 atom stereocenters. The summed E-state index contributed by atoms with van der Waals surface area (Å²) < 4.78 is 86.5. The molecule has 2 N–H and O–H groups in total. The molecule has 2 aliphatic heterocycles. The van der Waals surface area contributed by atoms with Crippen LogP contribution in [0.5, 0.6) is 0 Å². The molecular weight excluding hydrogens is 461 g/mol. The van der Waals surface area contributed by atoms with Crippen molar-refractivity contribution >= 4 is 21.2 Å². The van der Waals surface area contributed by atoms with E-state index in [9.17, 15) is 31.1 Å². The smallest absolute Gasteiger partial charge is 0.430 e. The first-order valence-electron chi connectivity index (χ1n) is 9.49. The number of carbonyl (C=O) groups is 1. The average molecular weight is 478 g/mol. The van der Waals surface area contributed by atoms with E-state index < -0.39 is 46.9 Å². The molecule has 2 aliphatic rings. The van der Waals surface area contributed by atoms with Crippen molar-refractivity contribution in [1.82, 2.24) is 15.3 Å². The number of aromatic nitrogens is 2. The fourth-order valence-electron chi connectivity index (χ4n) is 3.93. The number of anilines is 1. The zero-order chi connectivity index (χ0) is 23.3. The molecule has 2 aromatic heterocycles. The molecule has 172 valence electrons. The van der Waals surface area contributed by atoms with Crippen LogP contribution >= 0.6 is 9.24 Å². The number of halogens is 6. The van der Waals surface area contributed by atoms with Gasteiger partial charge in [-0.3, -0.25) is 10.3 Å². The van der Waals surface area contributed by atoms with E-state index in [1.807, 2.05) is 0 Å². The van der Waals surface area contributed by atoms with Crippen LogP contribution in [-0.2, 0) is 16.3 Å². The van der Waals surface area contributed by atoms with Gasteiger partial charge in [0.1, 0.15) is 5.82 Å². The second kappa shape index (κ2) is 7.84. The Bertz CT molecular complexity index is 1050. The van der Waals surface area contributed by atoms with Crippen LogP contribution in [0.2, 0.25) is 0 Å². The van der Waals surface area contributed by atoms with Gasteiger partial charge in [0.25, 0.3) is 0 Å². The van der Waals surface area contributed by atoms with Gasteiger partial charge in [0.15, 0.2) is 0 Å². The minimum Gasteiger partial charge on any atom is -0.431 e. The number of carbonyl (C=O) groups excluding carboxylic acids is 1. The van der Waals surface area contributed by atoms with Crippen molar-refractivity contribution in [2.75, 3.05) is 24.6 Å². The quantitative estimate of drug-likeness (QED) is 0.504. The number of ether oxygens (including phenoxy) is 1. The molecule has 0 spiro atoms. The Morgan fingerprint density at radius 3 is 2.56 bits per heavy atom. The third-order valence-corrected chi connectivity index (χ3v) is 6.38. The number of nitrogens with zero attached hydrogens (tertiary/aromatic N) is 2. The molecule has 32 heavy (non-hydrogen) atoms. The monoisotopic (exact) mass is 478 g/mol. The molecule has 3 unspecified atom stereocenters. The van der Waals surface area contributed by atoms with Crippen LogP contribution in [0.4, 0.5) is 37.0 Å². The normalized spacial score (nSPS) is 23.5. The van der Waals surface area contributed by atoms with Crippen LogP contribution in [0.1, 0.15) is 29.3 Å². The lowest BCUT2D eigenvalue weighted by molar-refractivity contribution is -0.206. The molecule has 0 aromatic carbocycles. The van der Waals surface area contributed by atoms with Gasteiger partial charge in [0.2, 0.25) is 6.10 Å². The Morgan fingerprint density at radius 2 is 1.97 bits per heavy atom. The molecule has 2 aromatic rings. The number of hydrogen-bond donors (Lipinski definition) is 2. The van der Waals surface area contributed by atoms with Crippen LogP contribution < -0.4 is 10.6 Å². The van der Waals surface area contributed by atoms with Crippen molar-refractivity contribution in [1.29, 1.82) is 0 Å². The third-order valence-electron chi connectivity index (χ3n) is 5.60. The second-order valence-electron chi connectivity index (χ2n) is 7.61. The van der Waals surface area contributed by atoms with Crippen LogP contribution in [0.3, 0.4) is 0 Å². The average Bonchev–Trinajstić information content (AvgIpc) is 3.21. The van der Waals surface area contributed by atoms with E-state index in [1.165, 1.54) is 0 Å². The van der Waals surface area contributed by atoms with Crippen molar-refractivity contribution in [2.45, 2.75) is 30.3 Å². The minimum atomic E-state index is -5.01. The molecule has 1 amide bonds. The summed E-state index contributed by atoms with van der Waals surface area (Å²) in [5.41, 5.74) is -2.79. The highest BCUT2D eigenvalue weighted by Gasteiger charge is 2.49. The highest BCUT2D eigenvalue weighted by Crippen LogP contribution is 2.46. The summed E-state index contributed by atoms with van der Waals surface area (Å²) in [5.74, 6) is -0.440. The Balaban J connectivity index is 1.96. The van der Waals surface area contributed by atoms with Crippen molar-refractivity contribution < 1.29 is 35.9 Å². The molecular formula is C19H17F6N4O2P. The Hall–Kier alpha value is -2.46. The van der Waals surface area contributed by atoms with Crippen LogP contribution in [0, 0.1) is 0 Å². The predicted molar refractivity (Wildman–Crippen MR) is 105 cm³/mol. The van der Waals surface area contributed by atoms with Crippen molar-refractivity contribution in [2.24, 2.45) is 0 Å². The molecule has 4 rings (SSSR count). The van der Waals surface area contributed by atoms with Gasteiger partial charge in [-0.05, 0) is 37.3 Å². The zero-order valence-corrected chi connectivity index (χ0v) is 17.4. The Morgan fingerprint density at radius 1 is 1.22 bits per heavy atom. The fourth-order valence-corrected chi connectivity index (χ4v) is 4.49. The topological polar surface area (TPSA) is 76.1 Å². The van der Waals surface area contributed by atoms with Crippen LogP contribution in [0.25, 0.3) is 11.3 Å². The summed E-state index contributed by atoms with van der Waals surface area (Å²) in [7, 11) is 2.50. The summed E-state index contributed by atoms with van der Waals surface area (Å²) in [4.78, 5) is 19.7. The summed E-state index contributed by atoms with van der Waals surface area (Å²) >= 11 is 0. The number of cyclic esters (lactones) is 1. The first-order chi connectivity index (χ1) is 14.9. The van der Waals surface area contributed by atoms with E-state index in [0.717, 1.165) is 18.3 Å². The van der Waals surface area contributed by atoms with E-state index in [2.05, 4.69) is 34.6 Å². The molecule has 0 radical (unpaired) electrons.